The van der Waals surface area contributed by atoms with Crippen LogP contribution in [0, 0.1) is 11.3 Å². The molecule has 0 amide bonds. The number of carbonyl (C=O) groups is 1. The van der Waals surface area contributed by atoms with Gasteiger partial charge in [-0.05, 0) is 16.5 Å². The highest BCUT2D eigenvalue weighted by molar-refractivity contribution is 5.80. The van der Waals surface area contributed by atoms with E-state index < -0.39 is 0 Å². The monoisotopic (exact) mass is 224 g/mol. The number of hydrogen-bond donors (Lipinski definition) is 0. The van der Waals surface area contributed by atoms with Gasteiger partial charge in [-0.15, -0.1) is 10.2 Å². The number of hydrogen-bond acceptors (Lipinski definition) is 4. The standard InChI is InChI=1S/C11H20N4O/c1-8(11(2,3)4)6-9(16)7-10-12-14-15(5)13-10/h8H,6-7H2,1-5H3. The van der Waals surface area contributed by atoms with Gasteiger partial charge >= 0.3 is 0 Å². The summed E-state index contributed by atoms with van der Waals surface area (Å²) in [5.41, 5.74) is 0.158. The van der Waals surface area contributed by atoms with Crippen molar-refractivity contribution in [1.29, 1.82) is 0 Å². The highest BCUT2D eigenvalue weighted by atomic mass is 16.1. The van der Waals surface area contributed by atoms with Crippen LogP contribution < -0.4 is 0 Å². The fraction of sp³-hybridized carbons (Fsp3) is 0.818. The SMILES string of the molecule is CC(CC(=O)Cc1nnn(C)n1)C(C)(C)C. The average Bonchev–Trinajstić information content (AvgIpc) is 2.49. The maximum Gasteiger partial charge on any atom is 0.182 e. The Balaban J connectivity index is 2.48. The predicted molar refractivity (Wildman–Crippen MR) is 60.7 cm³/mol. The van der Waals surface area contributed by atoms with Crippen molar-refractivity contribution >= 4 is 5.78 Å². The van der Waals surface area contributed by atoms with Crippen LogP contribution in [-0.4, -0.2) is 26.0 Å². The number of tetrazole rings is 1. The molecule has 5 nitrogen and oxygen atoms in total. The molecule has 1 rings (SSSR count). The molecule has 0 bridgehead atoms. The largest absolute Gasteiger partial charge is 0.299 e. The first-order valence-corrected chi connectivity index (χ1v) is 5.53. The van der Waals surface area contributed by atoms with E-state index >= 15 is 0 Å². The van der Waals surface area contributed by atoms with Gasteiger partial charge in [0.25, 0.3) is 0 Å². The van der Waals surface area contributed by atoms with E-state index in [0.717, 1.165) is 0 Å². The molecule has 0 aliphatic rings. The number of aryl methyl sites for hydroxylation is 1. The average molecular weight is 224 g/mol. The van der Waals surface area contributed by atoms with Gasteiger partial charge in [0, 0.05) is 6.42 Å². The normalized spacial score (nSPS) is 13.8. The van der Waals surface area contributed by atoms with E-state index in [1.54, 1.807) is 7.05 Å². The molecular weight excluding hydrogens is 204 g/mol. The minimum atomic E-state index is 0.158. The topological polar surface area (TPSA) is 60.7 Å². The van der Waals surface area contributed by atoms with Crippen molar-refractivity contribution in [3.05, 3.63) is 5.82 Å². The van der Waals surface area contributed by atoms with Crippen LogP contribution in [0.2, 0.25) is 0 Å². The van der Waals surface area contributed by atoms with Gasteiger partial charge < -0.3 is 0 Å². The van der Waals surface area contributed by atoms with Crippen LogP contribution in [0.3, 0.4) is 0 Å². The first-order valence-electron chi connectivity index (χ1n) is 5.53. The summed E-state index contributed by atoms with van der Waals surface area (Å²) in [6.07, 6.45) is 0.857. The first kappa shape index (κ1) is 12.8. The zero-order valence-corrected chi connectivity index (χ0v) is 10.7. The smallest absolute Gasteiger partial charge is 0.182 e. The van der Waals surface area contributed by atoms with Gasteiger partial charge in [0.05, 0.1) is 13.5 Å². The Hall–Kier alpha value is -1.26. The molecule has 16 heavy (non-hydrogen) atoms. The quantitative estimate of drug-likeness (QED) is 0.775. The summed E-state index contributed by atoms with van der Waals surface area (Å²) in [6, 6.07) is 0. The lowest BCUT2D eigenvalue weighted by Crippen LogP contribution is -2.21. The molecule has 0 aliphatic heterocycles. The summed E-state index contributed by atoms with van der Waals surface area (Å²) < 4.78 is 0. The molecule has 5 heteroatoms. The molecule has 0 spiro atoms. The Kier molecular flexibility index (Phi) is 3.78. The molecule has 0 fully saturated rings. The first-order chi connectivity index (χ1) is 7.29. The number of carbonyl (C=O) groups excluding carboxylic acids is 1. The van der Waals surface area contributed by atoms with Gasteiger partial charge in [-0.1, -0.05) is 27.7 Å². The predicted octanol–water partition coefficient (Wildman–Crippen LogP) is 1.39. The second-order valence-corrected chi connectivity index (χ2v) is 5.38. The van der Waals surface area contributed by atoms with E-state index in [1.165, 1.54) is 4.80 Å². The second kappa shape index (κ2) is 4.72. The molecule has 0 radical (unpaired) electrons. The molecule has 90 valence electrons. The van der Waals surface area contributed by atoms with Crippen LogP contribution in [0.15, 0.2) is 0 Å². The highest BCUT2D eigenvalue weighted by Gasteiger charge is 2.23. The van der Waals surface area contributed by atoms with Gasteiger partial charge in [0.2, 0.25) is 0 Å². The number of Topliss-reactive ketones (excluding diaryl/α,β-unsaturated/α-hetero) is 1. The van der Waals surface area contributed by atoms with Gasteiger partial charge in [-0.3, -0.25) is 4.79 Å². The van der Waals surface area contributed by atoms with Crippen molar-refractivity contribution < 1.29 is 4.79 Å². The number of rotatable bonds is 4. The lowest BCUT2D eigenvalue weighted by molar-refractivity contribution is -0.120. The lowest BCUT2D eigenvalue weighted by Gasteiger charge is -2.26. The van der Waals surface area contributed by atoms with Crippen molar-refractivity contribution in [3.63, 3.8) is 0 Å². The Morgan fingerprint density at radius 3 is 2.50 bits per heavy atom. The van der Waals surface area contributed by atoms with E-state index in [-0.39, 0.29) is 17.6 Å². The zero-order chi connectivity index (χ0) is 12.3. The van der Waals surface area contributed by atoms with E-state index in [2.05, 4.69) is 43.1 Å². The number of aromatic nitrogens is 4. The molecular formula is C11H20N4O. The Morgan fingerprint density at radius 2 is 2.06 bits per heavy atom. The summed E-state index contributed by atoms with van der Waals surface area (Å²) >= 11 is 0. The summed E-state index contributed by atoms with van der Waals surface area (Å²) in [4.78, 5) is 13.1. The van der Waals surface area contributed by atoms with Crippen molar-refractivity contribution in [2.75, 3.05) is 0 Å². The third-order valence-corrected chi connectivity index (χ3v) is 2.92. The molecule has 0 aliphatic carbocycles. The molecule has 0 aromatic carbocycles. The lowest BCUT2D eigenvalue weighted by atomic mass is 9.79. The molecule has 1 unspecified atom stereocenters. The Morgan fingerprint density at radius 1 is 1.44 bits per heavy atom. The van der Waals surface area contributed by atoms with Gasteiger partial charge in [-0.2, -0.15) is 4.80 Å². The van der Waals surface area contributed by atoms with Crippen LogP contribution in [0.5, 0.6) is 0 Å². The maximum atomic E-state index is 11.8. The second-order valence-electron chi connectivity index (χ2n) is 5.38. The van der Waals surface area contributed by atoms with Gasteiger partial charge in [0.15, 0.2) is 5.82 Å². The van der Waals surface area contributed by atoms with Crippen molar-refractivity contribution in [3.8, 4) is 0 Å². The summed E-state index contributed by atoms with van der Waals surface area (Å²) in [5.74, 6) is 1.04. The molecule has 1 aromatic heterocycles. The minimum Gasteiger partial charge on any atom is -0.299 e. The van der Waals surface area contributed by atoms with Crippen LogP contribution in [0.1, 0.15) is 39.9 Å². The summed E-state index contributed by atoms with van der Waals surface area (Å²) in [5, 5.41) is 11.5. The summed E-state index contributed by atoms with van der Waals surface area (Å²) in [7, 11) is 1.69. The molecule has 1 aromatic rings. The molecule has 1 atom stereocenters. The molecule has 0 saturated heterocycles. The van der Waals surface area contributed by atoms with Gasteiger partial charge in [-0.25, -0.2) is 0 Å². The van der Waals surface area contributed by atoms with Crippen LogP contribution in [-0.2, 0) is 18.3 Å². The minimum absolute atomic E-state index is 0.158. The van der Waals surface area contributed by atoms with Crippen molar-refractivity contribution in [1.82, 2.24) is 20.2 Å². The third-order valence-electron chi connectivity index (χ3n) is 2.92. The van der Waals surface area contributed by atoms with E-state index in [0.29, 0.717) is 18.2 Å². The van der Waals surface area contributed by atoms with Crippen LogP contribution >= 0.6 is 0 Å². The zero-order valence-electron chi connectivity index (χ0n) is 10.7. The molecule has 0 N–H and O–H groups in total. The fourth-order valence-corrected chi connectivity index (χ4v) is 1.29. The number of ketones is 1. The summed E-state index contributed by atoms with van der Waals surface area (Å²) in [6.45, 7) is 8.53. The highest BCUT2D eigenvalue weighted by Crippen LogP contribution is 2.28. The van der Waals surface area contributed by atoms with Crippen LogP contribution in [0.25, 0.3) is 0 Å². The Labute approximate surface area is 96.2 Å². The fourth-order valence-electron chi connectivity index (χ4n) is 1.29. The maximum absolute atomic E-state index is 11.8. The van der Waals surface area contributed by atoms with E-state index in [9.17, 15) is 4.79 Å². The van der Waals surface area contributed by atoms with E-state index in [4.69, 9.17) is 0 Å². The third kappa shape index (κ3) is 3.72. The van der Waals surface area contributed by atoms with E-state index in [1.807, 2.05) is 0 Å². The van der Waals surface area contributed by atoms with Crippen LogP contribution in [0.4, 0.5) is 0 Å². The molecule has 0 saturated carbocycles. The van der Waals surface area contributed by atoms with Gasteiger partial charge in [0.1, 0.15) is 5.78 Å². The number of nitrogens with zero attached hydrogens (tertiary/aromatic N) is 4. The van der Waals surface area contributed by atoms with Crippen molar-refractivity contribution in [2.45, 2.75) is 40.5 Å². The Bertz CT molecular complexity index is 364. The molecule has 1 heterocycles. The van der Waals surface area contributed by atoms with Crippen molar-refractivity contribution in [2.24, 2.45) is 18.4 Å².